The highest BCUT2D eigenvalue weighted by Crippen LogP contribution is 2.16. The zero-order valence-corrected chi connectivity index (χ0v) is 6.49. The monoisotopic (exact) mass is 178 g/mol. The van der Waals surface area contributed by atoms with Gasteiger partial charge in [-0.15, -0.1) is 0 Å². The van der Waals surface area contributed by atoms with Gasteiger partial charge < -0.3 is 4.74 Å². The van der Waals surface area contributed by atoms with Crippen molar-refractivity contribution in [1.29, 1.82) is 0 Å². The van der Waals surface area contributed by atoms with Gasteiger partial charge in [-0.3, -0.25) is 0 Å². The van der Waals surface area contributed by atoms with Gasteiger partial charge in [-0.1, -0.05) is 15.9 Å². The normalized spacial score (nSPS) is 28.9. The summed E-state index contributed by atoms with van der Waals surface area (Å²) < 4.78 is 5.19. The van der Waals surface area contributed by atoms with E-state index in [9.17, 15) is 0 Å². The lowest BCUT2D eigenvalue weighted by Gasteiger charge is -2.00. The molecular weight excluding hydrogens is 168 g/mol. The predicted octanol–water partition coefficient (Wildman–Crippen LogP) is 1.81. The van der Waals surface area contributed by atoms with Crippen LogP contribution in [0.5, 0.6) is 0 Å². The van der Waals surface area contributed by atoms with Crippen LogP contribution in [-0.2, 0) is 4.74 Å². The van der Waals surface area contributed by atoms with Gasteiger partial charge in [-0.2, -0.15) is 0 Å². The van der Waals surface area contributed by atoms with Gasteiger partial charge in [0.1, 0.15) is 0 Å². The van der Waals surface area contributed by atoms with E-state index in [1.807, 2.05) is 0 Å². The van der Waals surface area contributed by atoms with Crippen LogP contribution >= 0.6 is 15.9 Å². The summed E-state index contributed by atoms with van der Waals surface area (Å²) in [6.07, 6.45) is 2.55. The Balaban J connectivity index is 2.06. The third kappa shape index (κ3) is 1.75. The van der Waals surface area contributed by atoms with Crippen molar-refractivity contribution >= 4 is 15.9 Å². The van der Waals surface area contributed by atoms with Crippen LogP contribution in [0.4, 0.5) is 0 Å². The lowest BCUT2D eigenvalue weighted by Crippen LogP contribution is -1.98. The summed E-state index contributed by atoms with van der Waals surface area (Å²) in [6.45, 7) is 1.98. The Morgan fingerprint density at radius 3 is 3.00 bits per heavy atom. The van der Waals surface area contributed by atoms with E-state index in [0.717, 1.165) is 24.5 Å². The molecule has 0 radical (unpaired) electrons. The van der Waals surface area contributed by atoms with Crippen molar-refractivity contribution in [3.8, 4) is 0 Å². The summed E-state index contributed by atoms with van der Waals surface area (Å²) in [7, 11) is 0. The lowest BCUT2D eigenvalue weighted by atomic mass is 10.1. The van der Waals surface area contributed by atoms with Crippen molar-refractivity contribution in [2.75, 3.05) is 18.5 Å². The molecule has 0 aromatic rings. The predicted molar refractivity (Wildman–Crippen MR) is 37.3 cm³/mol. The maximum absolute atomic E-state index is 5.19. The molecule has 1 rings (SSSR count). The first-order chi connectivity index (χ1) is 3.93. The molecule has 0 spiro atoms. The van der Waals surface area contributed by atoms with Crippen molar-refractivity contribution in [3.05, 3.63) is 0 Å². The van der Waals surface area contributed by atoms with E-state index in [2.05, 4.69) is 15.9 Å². The van der Waals surface area contributed by atoms with Gasteiger partial charge in [0.2, 0.25) is 0 Å². The van der Waals surface area contributed by atoms with E-state index in [1.54, 1.807) is 0 Å². The molecule has 2 heteroatoms. The topological polar surface area (TPSA) is 9.23 Å². The number of alkyl halides is 1. The van der Waals surface area contributed by atoms with Crippen LogP contribution in [0.25, 0.3) is 0 Å². The molecule has 0 aromatic carbocycles. The number of halogens is 1. The molecule has 0 unspecified atom stereocenters. The van der Waals surface area contributed by atoms with E-state index >= 15 is 0 Å². The summed E-state index contributed by atoms with van der Waals surface area (Å²) >= 11 is 3.40. The van der Waals surface area contributed by atoms with E-state index in [-0.39, 0.29) is 0 Å². The number of hydrogen-bond donors (Lipinski definition) is 0. The zero-order chi connectivity index (χ0) is 5.82. The Morgan fingerprint density at radius 1 is 1.62 bits per heavy atom. The van der Waals surface area contributed by atoms with E-state index in [1.165, 1.54) is 12.8 Å². The van der Waals surface area contributed by atoms with Gasteiger partial charge >= 0.3 is 0 Å². The fraction of sp³-hybridized carbons (Fsp3) is 1.00. The summed E-state index contributed by atoms with van der Waals surface area (Å²) in [5.41, 5.74) is 0. The average Bonchev–Trinajstić information content (AvgIpc) is 2.19. The summed E-state index contributed by atoms with van der Waals surface area (Å²) in [4.78, 5) is 0. The van der Waals surface area contributed by atoms with Crippen molar-refractivity contribution in [3.63, 3.8) is 0 Å². The number of ether oxygens (including phenoxy) is 1. The number of hydrogen-bond acceptors (Lipinski definition) is 1. The highest BCUT2D eigenvalue weighted by atomic mass is 79.9. The maximum atomic E-state index is 5.19. The summed E-state index contributed by atoms with van der Waals surface area (Å²) in [5, 5.41) is 1.13. The van der Waals surface area contributed by atoms with Crippen LogP contribution in [0.3, 0.4) is 0 Å². The van der Waals surface area contributed by atoms with Gasteiger partial charge in [0, 0.05) is 18.5 Å². The highest BCUT2D eigenvalue weighted by molar-refractivity contribution is 9.09. The second-order valence-electron chi connectivity index (χ2n) is 2.21. The van der Waals surface area contributed by atoms with Gasteiger partial charge in [-0.25, -0.2) is 0 Å². The fourth-order valence-corrected chi connectivity index (χ4v) is 1.61. The molecule has 1 fully saturated rings. The molecule has 1 nitrogen and oxygen atoms in total. The zero-order valence-electron chi connectivity index (χ0n) is 4.90. The van der Waals surface area contributed by atoms with Crippen LogP contribution in [0, 0.1) is 5.92 Å². The molecule has 1 heterocycles. The molecule has 0 aromatic heterocycles. The van der Waals surface area contributed by atoms with E-state index in [4.69, 9.17) is 4.74 Å². The molecule has 48 valence electrons. The first-order valence-electron chi connectivity index (χ1n) is 3.07. The molecule has 8 heavy (non-hydrogen) atoms. The molecule has 0 saturated carbocycles. The summed E-state index contributed by atoms with van der Waals surface area (Å²) in [5.74, 6) is 0.842. The van der Waals surface area contributed by atoms with Crippen LogP contribution in [0.2, 0.25) is 0 Å². The lowest BCUT2D eigenvalue weighted by molar-refractivity contribution is 0.185. The largest absolute Gasteiger partial charge is 0.381 e. The molecule has 0 aliphatic carbocycles. The molecule has 1 aliphatic rings. The van der Waals surface area contributed by atoms with Crippen molar-refractivity contribution in [2.24, 2.45) is 5.92 Å². The minimum Gasteiger partial charge on any atom is -0.381 e. The van der Waals surface area contributed by atoms with Gasteiger partial charge in [0.25, 0.3) is 0 Å². The minimum atomic E-state index is 0.842. The first kappa shape index (κ1) is 6.56. The molecular formula is C6H11BrO. The van der Waals surface area contributed by atoms with Gasteiger partial charge in [0.05, 0.1) is 0 Å². The SMILES string of the molecule is BrCC[C@H]1CCOC1. The Bertz CT molecular complexity index is 59.5. The Labute approximate surface area is 58.5 Å². The second kappa shape index (κ2) is 3.46. The van der Waals surface area contributed by atoms with Crippen molar-refractivity contribution < 1.29 is 4.74 Å². The molecule has 0 N–H and O–H groups in total. The second-order valence-corrected chi connectivity index (χ2v) is 3.00. The standard InChI is InChI=1S/C6H11BrO/c7-3-1-6-2-4-8-5-6/h6H,1-5H2/t6-/m0/s1. The third-order valence-corrected chi connectivity index (χ3v) is 2.00. The van der Waals surface area contributed by atoms with Crippen LogP contribution in [-0.4, -0.2) is 18.5 Å². The van der Waals surface area contributed by atoms with Crippen LogP contribution in [0.15, 0.2) is 0 Å². The molecule has 1 saturated heterocycles. The Hall–Kier alpha value is 0.440. The van der Waals surface area contributed by atoms with Gasteiger partial charge in [0.15, 0.2) is 0 Å². The third-order valence-electron chi connectivity index (χ3n) is 1.54. The molecule has 1 atom stereocenters. The first-order valence-corrected chi connectivity index (χ1v) is 4.19. The number of rotatable bonds is 2. The highest BCUT2D eigenvalue weighted by Gasteiger charge is 2.13. The smallest absolute Gasteiger partial charge is 0.0495 e. The fourth-order valence-electron chi connectivity index (χ4n) is 0.965. The molecule has 0 bridgehead atoms. The maximum Gasteiger partial charge on any atom is 0.0495 e. The molecule has 0 amide bonds. The summed E-state index contributed by atoms with van der Waals surface area (Å²) in [6, 6.07) is 0. The Morgan fingerprint density at radius 2 is 2.50 bits per heavy atom. The quantitative estimate of drug-likeness (QED) is 0.587. The van der Waals surface area contributed by atoms with Crippen molar-refractivity contribution in [1.82, 2.24) is 0 Å². The Kier molecular flexibility index (Phi) is 2.84. The minimum absolute atomic E-state index is 0.842. The average molecular weight is 179 g/mol. The van der Waals surface area contributed by atoms with E-state index in [0.29, 0.717) is 0 Å². The van der Waals surface area contributed by atoms with Crippen molar-refractivity contribution in [2.45, 2.75) is 12.8 Å². The van der Waals surface area contributed by atoms with Crippen LogP contribution in [0.1, 0.15) is 12.8 Å². The molecule has 1 aliphatic heterocycles. The van der Waals surface area contributed by atoms with E-state index < -0.39 is 0 Å². The van der Waals surface area contributed by atoms with Gasteiger partial charge in [-0.05, 0) is 18.8 Å². The van der Waals surface area contributed by atoms with Crippen LogP contribution < -0.4 is 0 Å².